The Morgan fingerprint density at radius 1 is 1.31 bits per heavy atom. The average molecular weight is 405 g/mol. The first-order chi connectivity index (χ1) is 13.6. The van der Waals surface area contributed by atoms with Gasteiger partial charge in [0.25, 0.3) is 0 Å². The number of likely N-dealkylation sites (tertiary alicyclic amines) is 1. The minimum absolute atomic E-state index is 0.0662. The highest BCUT2D eigenvalue weighted by Gasteiger charge is 2.32. The molecule has 7 nitrogen and oxygen atoms in total. The molecule has 1 aliphatic heterocycles. The number of amides is 1. The number of carbonyl (C=O) groups is 1. The highest BCUT2D eigenvalue weighted by atomic mass is 19.4. The van der Waals surface area contributed by atoms with Crippen LogP contribution in [0.1, 0.15) is 17.5 Å². The van der Waals surface area contributed by atoms with E-state index < -0.39 is 17.5 Å². The van der Waals surface area contributed by atoms with Gasteiger partial charge in [-0.1, -0.05) is 0 Å². The number of hydrogen-bond acceptors (Lipinski definition) is 5. The van der Waals surface area contributed by atoms with Crippen molar-refractivity contribution in [1.82, 2.24) is 24.6 Å². The van der Waals surface area contributed by atoms with Gasteiger partial charge < -0.3 is 10.0 Å². The summed E-state index contributed by atoms with van der Waals surface area (Å²) in [4.78, 5) is 22.4. The van der Waals surface area contributed by atoms with Crippen molar-refractivity contribution in [3.05, 3.63) is 35.7 Å². The SMILES string of the molecule is Cc1cc(C(F)(F)F)cc(O)c1-c1cnc2cn(CC3CCN(C)C3=O)nc2n1. The lowest BCUT2D eigenvalue weighted by Gasteiger charge is -2.12. The maximum Gasteiger partial charge on any atom is 0.416 e. The molecule has 3 aromatic rings. The molecule has 1 aliphatic rings. The van der Waals surface area contributed by atoms with Gasteiger partial charge in [0.05, 0.1) is 36.1 Å². The summed E-state index contributed by atoms with van der Waals surface area (Å²) in [5, 5.41) is 14.5. The van der Waals surface area contributed by atoms with Gasteiger partial charge >= 0.3 is 6.18 Å². The third-order valence-electron chi connectivity index (χ3n) is 5.12. The number of phenols is 1. The molecule has 152 valence electrons. The molecule has 4 rings (SSSR count). The number of alkyl halides is 3. The Balaban J connectivity index is 1.67. The molecule has 10 heteroatoms. The van der Waals surface area contributed by atoms with Crippen LogP contribution >= 0.6 is 0 Å². The van der Waals surface area contributed by atoms with Gasteiger partial charge in [0.2, 0.25) is 5.91 Å². The number of phenolic OH excluding ortho intramolecular Hbond substituents is 1. The van der Waals surface area contributed by atoms with Crippen LogP contribution < -0.4 is 0 Å². The van der Waals surface area contributed by atoms with Crippen molar-refractivity contribution in [2.75, 3.05) is 13.6 Å². The van der Waals surface area contributed by atoms with Crippen molar-refractivity contribution in [3.63, 3.8) is 0 Å². The first kappa shape index (κ1) is 19.2. The van der Waals surface area contributed by atoms with E-state index in [9.17, 15) is 23.1 Å². The number of aromatic nitrogens is 4. The summed E-state index contributed by atoms with van der Waals surface area (Å²) in [7, 11) is 1.76. The third-order valence-corrected chi connectivity index (χ3v) is 5.12. The Bertz CT molecular complexity index is 1090. The fourth-order valence-electron chi connectivity index (χ4n) is 3.61. The number of fused-ring (bicyclic) bond motifs is 1. The fourth-order valence-corrected chi connectivity index (χ4v) is 3.61. The van der Waals surface area contributed by atoms with Crippen LogP contribution in [0.15, 0.2) is 24.5 Å². The summed E-state index contributed by atoms with van der Waals surface area (Å²) < 4.78 is 40.4. The Hall–Kier alpha value is -3.17. The Labute approximate surface area is 163 Å². The van der Waals surface area contributed by atoms with E-state index in [-0.39, 0.29) is 28.6 Å². The summed E-state index contributed by atoms with van der Waals surface area (Å²) in [6.45, 7) is 2.58. The maximum absolute atomic E-state index is 12.9. The lowest BCUT2D eigenvalue weighted by atomic mass is 10.0. The molecule has 0 aliphatic carbocycles. The van der Waals surface area contributed by atoms with E-state index in [4.69, 9.17) is 0 Å². The molecular weight excluding hydrogens is 387 g/mol. The zero-order valence-electron chi connectivity index (χ0n) is 15.7. The number of aromatic hydroxyl groups is 1. The number of nitrogens with zero attached hydrogens (tertiary/aromatic N) is 5. The average Bonchev–Trinajstić information content (AvgIpc) is 3.17. The van der Waals surface area contributed by atoms with E-state index in [1.54, 1.807) is 22.8 Å². The molecule has 1 aromatic carbocycles. The van der Waals surface area contributed by atoms with E-state index in [1.165, 1.54) is 13.1 Å². The van der Waals surface area contributed by atoms with Gasteiger partial charge in [-0.3, -0.25) is 9.48 Å². The van der Waals surface area contributed by atoms with Crippen LogP contribution in [-0.4, -0.2) is 49.3 Å². The summed E-state index contributed by atoms with van der Waals surface area (Å²) in [5.74, 6) is -0.614. The number of carbonyl (C=O) groups excluding carboxylic acids is 1. The van der Waals surface area contributed by atoms with Crippen molar-refractivity contribution in [3.8, 4) is 17.0 Å². The fraction of sp³-hybridized carbons (Fsp3) is 0.368. The Morgan fingerprint density at radius 3 is 2.69 bits per heavy atom. The molecular formula is C19H18F3N5O2. The molecule has 0 radical (unpaired) electrons. The normalized spacial score (nSPS) is 17.5. The largest absolute Gasteiger partial charge is 0.507 e. The molecule has 0 saturated carbocycles. The molecule has 1 amide bonds. The van der Waals surface area contributed by atoms with E-state index in [0.29, 0.717) is 30.3 Å². The molecule has 1 fully saturated rings. The van der Waals surface area contributed by atoms with Gasteiger partial charge in [0, 0.05) is 19.2 Å². The maximum atomic E-state index is 12.9. The number of rotatable bonds is 3. The summed E-state index contributed by atoms with van der Waals surface area (Å²) in [5.41, 5.74) is 0.486. The van der Waals surface area contributed by atoms with E-state index in [2.05, 4.69) is 15.1 Å². The summed E-state index contributed by atoms with van der Waals surface area (Å²) >= 11 is 0. The van der Waals surface area contributed by atoms with Gasteiger partial charge in [-0.2, -0.15) is 18.3 Å². The summed E-state index contributed by atoms with van der Waals surface area (Å²) in [6, 6.07) is 1.64. The predicted molar refractivity (Wildman–Crippen MR) is 97.9 cm³/mol. The molecule has 1 unspecified atom stereocenters. The van der Waals surface area contributed by atoms with Crippen molar-refractivity contribution in [2.24, 2.45) is 5.92 Å². The van der Waals surface area contributed by atoms with Crippen molar-refractivity contribution in [2.45, 2.75) is 26.1 Å². The van der Waals surface area contributed by atoms with Crippen LogP contribution in [0.3, 0.4) is 0 Å². The zero-order chi connectivity index (χ0) is 20.9. The Kier molecular flexibility index (Phi) is 4.44. The van der Waals surface area contributed by atoms with Crippen molar-refractivity contribution >= 4 is 17.1 Å². The molecule has 1 N–H and O–H groups in total. The molecule has 29 heavy (non-hydrogen) atoms. The second-order valence-corrected chi connectivity index (χ2v) is 7.25. The minimum Gasteiger partial charge on any atom is -0.507 e. The van der Waals surface area contributed by atoms with E-state index in [0.717, 1.165) is 12.5 Å². The second kappa shape index (κ2) is 6.71. The highest BCUT2D eigenvalue weighted by molar-refractivity contribution is 5.80. The number of benzene rings is 1. The monoisotopic (exact) mass is 405 g/mol. The van der Waals surface area contributed by atoms with Crippen LogP contribution in [0.5, 0.6) is 5.75 Å². The minimum atomic E-state index is -4.55. The molecule has 3 heterocycles. The predicted octanol–water partition coefficient (Wildman–Crippen LogP) is 3.00. The molecule has 1 atom stereocenters. The van der Waals surface area contributed by atoms with Crippen LogP contribution in [0.2, 0.25) is 0 Å². The van der Waals surface area contributed by atoms with Crippen LogP contribution in [0, 0.1) is 12.8 Å². The quantitative estimate of drug-likeness (QED) is 0.724. The summed E-state index contributed by atoms with van der Waals surface area (Å²) in [6.07, 6.45) is -0.744. The first-order valence-corrected chi connectivity index (χ1v) is 9.00. The number of aryl methyl sites for hydroxylation is 1. The van der Waals surface area contributed by atoms with Gasteiger partial charge in [-0.05, 0) is 31.0 Å². The molecule has 0 spiro atoms. The number of halogens is 3. The smallest absolute Gasteiger partial charge is 0.416 e. The molecule has 0 bridgehead atoms. The lowest BCUT2D eigenvalue weighted by Crippen LogP contribution is -2.25. The van der Waals surface area contributed by atoms with Gasteiger partial charge in [0.1, 0.15) is 11.3 Å². The number of hydrogen-bond donors (Lipinski definition) is 1. The lowest BCUT2D eigenvalue weighted by molar-refractivity contribution is -0.137. The zero-order valence-corrected chi connectivity index (χ0v) is 15.7. The molecule has 1 saturated heterocycles. The van der Waals surface area contributed by atoms with Gasteiger partial charge in [-0.25, -0.2) is 9.97 Å². The third kappa shape index (κ3) is 3.50. The van der Waals surface area contributed by atoms with Crippen molar-refractivity contribution in [1.29, 1.82) is 0 Å². The molecule has 2 aromatic heterocycles. The van der Waals surface area contributed by atoms with Crippen LogP contribution in [0.4, 0.5) is 13.2 Å². The first-order valence-electron chi connectivity index (χ1n) is 9.00. The van der Waals surface area contributed by atoms with Crippen LogP contribution in [-0.2, 0) is 17.5 Å². The highest BCUT2D eigenvalue weighted by Crippen LogP contribution is 2.38. The topological polar surface area (TPSA) is 84.1 Å². The Morgan fingerprint density at radius 2 is 2.07 bits per heavy atom. The van der Waals surface area contributed by atoms with E-state index >= 15 is 0 Å². The van der Waals surface area contributed by atoms with Gasteiger partial charge in [-0.15, -0.1) is 0 Å². The van der Waals surface area contributed by atoms with Gasteiger partial charge in [0.15, 0.2) is 5.65 Å². The van der Waals surface area contributed by atoms with E-state index in [1.807, 2.05) is 0 Å². The second-order valence-electron chi connectivity index (χ2n) is 7.25. The standard InChI is InChI=1S/C19H18F3N5O2/c1-10-5-12(19(20,21)22)6-15(28)16(10)13-7-23-14-9-27(25-17(14)24-13)8-11-3-4-26(2)18(11)29/h5-7,9,11,28H,3-4,8H2,1-2H3. The van der Waals surface area contributed by atoms with Crippen LogP contribution in [0.25, 0.3) is 22.4 Å². The van der Waals surface area contributed by atoms with Crippen molar-refractivity contribution < 1.29 is 23.1 Å².